The first kappa shape index (κ1) is 15.2. The topological polar surface area (TPSA) is 52.0 Å². The van der Waals surface area contributed by atoms with Crippen LogP contribution in [-0.2, 0) is 18.1 Å². The molecule has 6 heteroatoms. The van der Waals surface area contributed by atoms with Crippen molar-refractivity contribution in [3.8, 4) is 0 Å². The minimum absolute atomic E-state index is 0.497. The maximum absolute atomic E-state index is 5.09. The van der Waals surface area contributed by atoms with Gasteiger partial charge in [0.05, 0.1) is 0 Å². The van der Waals surface area contributed by atoms with Crippen molar-refractivity contribution in [1.29, 1.82) is 0 Å². The number of nitrogens with zero attached hydrogens (tertiary/aromatic N) is 3. The van der Waals surface area contributed by atoms with Gasteiger partial charge in [-0.2, -0.15) is 0 Å². The largest absolute Gasteiger partial charge is 0.427 e. The number of aromatic nitrogens is 3. The zero-order valence-electron chi connectivity index (χ0n) is 13.3. The lowest BCUT2D eigenvalue weighted by Crippen LogP contribution is -2.31. The Labute approximate surface area is 132 Å². The highest BCUT2D eigenvalue weighted by atomic mass is 16.4. The zero-order chi connectivity index (χ0) is 15.4. The Bertz CT molecular complexity index is 601. The standard InChI is InChI=1S/C16H23BN4O/c1-21-15(10-12-6-4-3-5-7-12)19-20-16(21)13-8-9-14(11-13)18-17-22-2/h3-7,13-14,17-18H,8-11H2,1-2H3. The van der Waals surface area contributed by atoms with Gasteiger partial charge < -0.3 is 14.4 Å². The SMILES string of the molecule is COBNC1CCC(c2nnc(Cc3ccccc3)n2C)C1. The minimum Gasteiger partial charge on any atom is -0.427 e. The van der Waals surface area contributed by atoms with Crippen LogP contribution >= 0.6 is 0 Å². The maximum atomic E-state index is 5.09. The first-order chi connectivity index (χ1) is 10.8. The molecule has 0 radical (unpaired) electrons. The van der Waals surface area contributed by atoms with Crippen LogP contribution in [0, 0.1) is 0 Å². The zero-order valence-corrected chi connectivity index (χ0v) is 13.3. The fourth-order valence-electron chi connectivity index (χ4n) is 3.27. The van der Waals surface area contributed by atoms with Crippen LogP contribution in [0.4, 0.5) is 0 Å². The molecule has 0 spiro atoms. The summed E-state index contributed by atoms with van der Waals surface area (Å²) >= 11 is 0. The van der Waals surface area contributed by atoms with E-state index >= 15 is 0 Å². The molecule has 2 unspecified atom stereocenters. The second kappa shape index (κ2) is 7.07. The Kier molecular flexibility index (Phi) is 4.90. The van der Waals surface area contributed by atoms with Crippen molar-refractivity contribution < 1.29 is 4.65 Å². The number of benzene rings is 1. The van der Waals surface area contributed by atoms with Crippen LogP contribution in [0.3, 0.4) is 0 Å². The van der Waals surface area contributed by atoms with Crippen LogP contribution in [0.25, 0.3) is 0 Å². The van der Waals surface area contributed by atoms with Crippen LogP contribution < -0.4 is 5.23 Å². The van der Waals surface area contributed by atoms with Gasteiger partial charge in [0.15, 0.2) is 0 Å². The summed E-state index contributed by atoms with van der Waals surface area (Å²) in [4.78, 5) is 0. The van der Waals surface area contributed by atoms with E-state index in [1.54, 1.807) is 7.11 Å². The smallest absolute Gasteiger partial charge is 0.360 e. The van der Waals surface area contributed by atoms with Crippen LogP contribution in [0.2, 0.25) is 0 Å². The van der Waals surface area contributed by atoms with E-state index < -0.39 is 0 Å². The molecule has 116 valence electrons. The summed E-state index contributed by atoms with van der Waals surface area (Å²) in [5.41, 5.74) is 1.27. The monoisotopic (exact) mass is 298 g/mol. The second-order valence-corrected chi connectivity index (χ2v) is 6.04. The lowest BCUT2D eigenvalue weighted by molar-refractivity contribution is 0.419. The van der Waals surface area contributed by atoms with Gasteiger partial charge in [-0.05, 0) is 30.9 Å². The Balaban J connectivity index is 1.66. The van der Waals surface area contributed by atoms with Gasteiger partial charge in [-0.3, -0.25) is 0 Å². The molecular weight excluding hydrogens is 275 g/mol. The number of nitrogens with one attached hydrogen (secondary N) is 1. The fourth-order valence-corrected chi connectivity index (χ4v) is 3.27. The molecule has 1 aromatic heterocycles. The number of hydrogen-bond acceptors (Lipinski definition) is 4. The summed E-state index contributed by atoms with van der Waals surface area (Å²) in [5.74, 6) is 2.65. The van der Waals surface area contributed by atoms with E-state index in [2.05, 4.69) is 51.3 Å². The Morgan fingerprint density at radius 2 is 2.09 bits per heavy atom. The van der Waals surface area contributed by atoms with Crippen molar-refractivity contribution in [3.05, 3.63) is 47.5 Å². The summed E-state index contributed by atoms with van der Waals surface area (Å²) in [7, 11) is 4.43. The van der Waals surface area contributed by atoms with E-state index in [1.807, 2.05) is 6.07 Å². The van der Waals surface area contributed by atoms with E-state index in [4.69, 9.17) is 4.65 Å². The summed E-state index contributed by atoms with van der Waals surface area (Å²) < 4.78 is 7.27. The molecule has 1 N–H and O–H groups in total. The van der Waals surface area contributed by atoms with Gasteiger partial charge in [-0.1, -0.05) is 30.3 Å². The average Bonchev–Trinajstić information content (AvgIpc) is 3.14. The Morgan fingerprint density at radius 3 is 2.86 bits per heavy atom. The number of hydrogen-bond donors (Lipinski definition) is 1. The van der Waals surface area contributed by atoms with Gasteiger partial charge >= 0.3 is 7.62 Å². The molecule has 0 saturated heterocycles. The highest BCUT2D eigenvalue weighted by molar-refractivity contribution is 6.23. The normalized spacial score (nSPS) is 21.2. The third kappa shape index (κ3) is 3.39. The van der Waals surface area contributed by atoms with Crippen molar-refractivity contribution in [2.24, 2.45) is 7.05 Å². The van der Waals surface area contributed by atoms with Crippen LogP contribution in [-0.4, -0.2) is 35.5 Å². The molecule has 2 atom stereocenters. The van der Waals surface area contributed by atoms with Crippen molar-refractivity contribution in [3.63, 3.8) is 0 Å². The quantitative estimate of drug-likeness (QED) is 0.822. The third-order valence-electron chi connectivity index (χ3n) is 4.52. The van der Waals surface area contributed by atoms with Crippen molar-refractivity contribution in [2.45, 2.75) is 37.6 Å². The Hall–Kier alpha value is -1.66. The van der Waals surface area contributed by atoms with Gasteiger partial charge in [0, 0.05) is 26.5 Å². The van der Waals surface area contributed by atoms with Gasteiger partial charge in [0.25, 0.3) is 0 Å². The molecule has 2 aromatic rings. The highest BCUT2D eigenvalue weighted by Crippen LogP contribution is 2.33. The molecule has 3 rings (SSSR count). The molecule has 1 aliphatic carbocycles. The van der Waals surface area contributed by atoms with Gasteiger partial charge in [-0.25, -0.2) is 0 Å². The van der Waals surface area contributed by atoms with Crippen molar-refractivity contribution in [2.75, 3.05) is 7.11 Å². The maximum Gasteiger partial charge on any atom is 0.360 e. The van der Waals surface area contributed by atoms with Crippen molar-refractivity contribution >= 4 is 7.62 Å². The molecule has 5 nitrogen and oxygen atoms in total. The van der Waals surface area contributed by atoms with E-state index in [9.17, 15) is 0 Å². The molecule has 1 fully saturated rings. The average molecular weight is 298 g/mol. The summed E-state index contributed by atoms with van der Waals surface area (Å²) in [5, 5.41) is 12.3. The molecule has 0 aliphatic heterocycles. The second-order valence-electron chi connectivity index (χ2n) is 6.04. The van der Waals surface area contributed by atoms with Gasteiger partial charge in [0.2, 0.25) is 0 Å². The molecule has 0 amide bonds. The summed E-state index contributed by atoms with van der Waals surface area (Å²) in [6.45, 7) is 0. The molecule has 1 aliphatic rings. The van der Waals surface area contributed by atoms with E-state index in [0.29, 0.717) is 19.6 Å². The summed E-state index contributed by atoms with van der Waals surface area (Å²) in [6, 6.07) is 11.0. The van der Waals surface area contributed by atoms with Gasteiger partial charge in [-0.15, -0.1) is 10.2 Å². The molecule has 1 heterocycles. The van der Waals surface area contributed by atoms with Crippen LogP contribution in [0.1, 0.15) is 42.4 Å². The Morgan fingerprint density at radius 1 is 1.27 bits per heavy atom. The highest BCUT2D eigenvalue weighted by Gasteiger charge is 2.29. The van der Waals surface area contributed by atoms with Crippen LogP contribution in [0.5, 0.6) is 0 Å². The van der Waals surface area contributed by atoms with E-state index in [0.717, 1.165) is 24.5 Å². The summed E-state index contributed by atoms with van der Waals surface area (Å²) in [6.07, 6.45) is 4.29. The third-order valence-corrected chi connectivity index (χ3v) is 4.52. The lowest BCUT2D eigenvalue weighted by atomic mass is 10.1. The van der Waals surface area contributed by atoms with E-state index in [1.165, 1.54) is 18.4 Å². The molecule has 1 saturated carbocycles. The van der Waals surface area contributed by atoms with E-state index in [-0.39, 0.29) is 0 Å². The molecular formula is C16H23BN4O. The fraction of sp³-hybridized carbons (Fsp3) is 0.500. The predicted molar refractivity (Wildman–Crippen MR) is 87.9 cm³/mol. The predicted octanol–water partition coefficient (Wildman–Crippen LogP) is 1.54. The molecule has 22 heavy (non-hydrogen) atoms. The van der Waals surface area contributed by atoms with Crippen molar-refractivity contribution in [1.82, 2.24) is 20.0 Å². The first-order valence-electron chi connectivity index (χ1n) is 7.92. The molecule has 1 aromatic carbocycles. The van der Waals surface area contributed by atoms with Gasteiger partial charge in [0.1, 0.15) is 11.6 Å². The first-order valence-corrected chi connectivity index (χ1v) is 7.92. The van der Waals surface area contributed by atoms with Crippen LogP contribution in [0.15, 0.2) is 30.3 Å². The number of rotatable bonds is 6. The lowest BCUT2D eigenvalue weighted by Gasteiger charge is -2.12. The molecule has 0 bridgehead atoms. The minimum atomic E-state index is 0.497.